The Bertz CT molecular complexity index is 424. The largest absolute Gasteiger partial charge is 0.390 e. The molecule has 2 rings (SSSR count). The van der Waals surface area contributed by atoms with Crippen LogP contribution in [0.3, 0.4) is 0 Å². The van der Waals surface area contributed by atoms with Crippen molar-refractivity contribution < 1.29 is 14.9 Å². The SMILES string of the molecule is CCCCc1ncc(CN(C)C[C@@H]2COC[C@@H](O)[C@H]2O)[nH]1. The van der Waals surface area contributed by atoms with Crippen LogP contribution in [0.4, 0.5) is 0 Å². The smallest absolute Gasteiger partial charge is 0.106 e. The maximum atomic E-state index is 9.98. The van der Waals surface area contributed by atoms with Gasteiger partial charge < -0.3 is 24.8 Å². The van der Waals surface area contributed by atoms with Crippen LogP contribution in [0.15, 0.2) is 6.20 Å². The van der Waals surface area contributed by atoms with Crippen LogP contribution in [-0.4, -0.2) is 64.1 Å². The van der Waals surface area contributed by atoms with Gasteiger partial charge in [0.15, 0.2) is 0 Å². The number of aliphatic hydroxyl groups is 2. The van der Waals surface area contributed by atoms with Crippen molar-refractivity contribution in [2.45, 2.75) is 44.9 Å². The molecule has 6 nitrogen and oxygen atoms in total. The molecule has 0 bridgehead atoms. The maximum Gasteiger partial charge on any atom is 0.106 e. The Morgan fingerprint density at radius 2 is 2.24 bits per heavy atom. The summed E-state index contributed by atoms with van der Waals surface area (Å²) in [5.74, 6) is 0.984. The number of rotatable bonds is 7. The lowest BCUT2D eigenvalue weighted by molar-refractivity contribution is -0.125. The number of imidazole rings is 1. The van der Waals surface area contributed by atoms with E-state index in [-0.39, 0.29) is 12.5 Å². The highest BCUT2D eigenvalue weighted by Gasteiger charge is 2.31. The van der Waals surface area contributed by atoms with Gasteiger partial charge in [-0.2, -0.15) is 0 Å². The number of aryl methyl sites for hydroxylation is 1. The van der Waals surface area contributed by atoms with Gasteiger partial charge in [-0.15, -0.1) is 0 Å². The van der Waals surface area contributed by atoms with Crippen LogP contribution in [0.2, 0.25) is 0 Å². The highest BCUT2D eigenvalue weighted by molar-refractivity contribution is 5.01. The van der Waals surface area contributed by atoms with Crippen LogP contribution in [-0.2, 0) is 17.7 Å². The van der Waals surface area contributed by atoms with Gasteiger partial charge in [-0.1, -0.05) is 13.3 Å². The Balaban J connectivity index is 1.80. The fraction of sp³-hybridized carbons (Fsp3) is 0.800. The highest BCUT2D eigenvalue weighted by Crippen LogP contribution is 2.17. The van der Waals surface area contributed by atoms with Crippen LogP contribution >= 0.6 is 0 Å². The van der Waals surface area contributed by atoms with Gasteiger partial charge in [-0.3, -0.25) is 0 Å². The van der Waals surface area contributed by atoms with Crippen LogP contribution in [0.1, 0.15) is 31.3 Å². The number of hydrogen-bond acceptors (Lipinski definition) is 5. The van der Waals surface area contributed by atoms with Crippen LogP contribution in [0, 0.1) is 5.92 Å². The van der Waals surface area contributed by atoms with Crippen molar-refractivity contribution in [2.75, 3.05) is 26.8 Å². The third-order valence-corrected chi connectivity index (χ3v) is 3.93. The molecule has 1 aromatic heterocycles. The molecule has 1 aliphatic heterocycles. The number of ether oxygens (including phenoxy) is 1. The van der Waals surface area contributed by atoms with E-state index in [9.17, 15) is 10.2 Å². The highest BCUT2D eigenvalue weighted by atomic mass is 16.5. The first-order valence-corrected chi connectivity index (χ1v) is 7.75. The molecule has 0 amide bonds. The Morgan fingerprint density at radius 3 is 3.00 bits per heavy atom. The van der Waals surface area contributed by atoms with Gasteiger partial charge in [-0.05, 0) is 13.5 Å². The van der Waals surface area contributed by atoms with Crippen molar-refractivity contribution in [3.8, 4) is 0 Å². The lowest BCUT2D eigenvalue weighted by Gasteiger charge is -2.34. The molecule has 0 aromatic carbocycles. The second kappa shape index (κ2) is 7.89. The molecule has 0 aliphatic carbocycles. The molecule has 6 heteroatoms. The molecule has 1 saturated heterocycles. The van der Waals surface area contributed by atoms with Gasteiger partial charge in [-0.25, -0.2) is 4.98 Å². The number of aromatic nitrogens is 2. The summed E-state index contributed by atoms with van der Waals surface area (Å²) >= 11 is 0. The molecule has 0 saturated carbocycles. The minimum Gasteiger partial charge on any atom is -0.390 e. The van der Waals surface area contributed by atoms with Gasteiger partial charge in [0.05, 0.1) is 19.3 Å². The zero-order valence-corrected chi connectivity index (χ0v) is 13.0. The summed E-state index contributed by atoms with van der Waals surface area (Å²) < 4.78 is 5.31. The molecule has 3 atom stereocenters. The predicted octanol–water partition coefficient (Wildman–Crippen LogP) is 0.552. The summed E-state index contributed by atoms with van der Waals surface area (Å²) in [6.07, 6.45) is 3.70. The maximum absolute atomic E-state index is 9.98. The molecule has 0 spiro atoms. The fourth-order valence-corrected chi connectivity index (χ4v) is 2.73. The Kier molecular flexibility index (Phi) is 6.17. The topological polar surface area (TPSA) is 81.6 Å². The molecule has 2 heterocycles. The minimum absolute atomic E-state index is 0.0544. The third-order valence-electron chi connectivity index (χ3n) is 3.93. The van der Waals surface area contributed by atoms with E-state index >= 15 is 0 Å². The quantitative estimate of drug-likeness (QED) is 0.685. The summed E-state index contributed by atoms with van der Waals surface area (Å²) in [6.45, 7) is 4.32. The number of unbranched alkanes of at least 4 members (excludes halogenated alkanes) is 1. The van der Waals surface area contributed by atoms with E-state index in [0.717, 1.165) is 37.3 Å². The van der Waals surface area contributed by atoms with Crippen molar-refractivity contribution >= 4 is 0 Å². The van der Waals surface area contributed by atoms with Crippen molar-refractivity contribution in [1.82, 2.24) is 14.9 Å². The molecule has 1 aliphatic rings. The first kappa shape index (κ1) is 16.4. The lowest BCUT2D eigenvalue weighted by Crippen LogP contribution is -2.47. The standard InChI is InChI=1S/C15H27N3O3/c1-3-4-5-14-16-6-12(17-14)8-18(2)7-11-9-21-10-13(19)15(11)20/h6,11,13,15,19-20H,3-5,7-10H2,1-2H3,(H,16,17)/t11-,13-,15+/m1/s1. The van der Waals surface area contributed by atoms with E-state index in [2.05, 4.69) is 21.8 Å². The van der Waals surface area contributed by atoms with Crippen molar-refractivity contribution in [3.05, 3.63) is 17.7 Å². The van der Waals surface area contributed by atoms with Crippen LogP contribution < -0.4 is 0 Å². The zero-order chi connectivity index (χ0) is 15.2. The second-order valence-electron chi connectivity index (χ2n) is 6.01. The van der Waals surface area contributed by atoms with Crippen LogP contribution in [0.25, 0.3) is 0 Å². The minimum atomic E-state index is -0.773. The third kappa shape index (κ3) is 4.78. The average Bonchev–Trinajstić information content (AvgIpc) is 2.89. The molecule has 1 aromatic rings. The second-order valence-corrected chi connectivity index (χ2v) is 6.01. The van der Waals surface area contributed by atoms with Gasteiger partial charge in [0, 0.05) is 37.3 Å². The fourth-order valence-electron chi connectivity index (χ4n) is 2.73. The first-order chi connectivity index (χ1) is 10.1. The zero-order valence-electron chi connectivity index (χ0n) is 13.0. The van der Waals surface area contributed by atoms with E-state index in [1.165, 1.54) is 0 Å². The van der Waals surface area contributed by atoms with Crippen molar-refractivity contribution in [2.24, 2.45) is 5.92 Å². The normalized spacial score (nSPS) is 26.4. The Hall–Kier alpha value is -0.950. The van der Waals surface area contributed by atoms with Gasteiger partial charge in [0.2, 0.25) is 0 Å². The van der Waals surface area contributed by atoms with Crippen molar-refractivity contribution in [1.29, 1.82) is 0 Å². The number of nitrogens with one attached hydrogen (secondary N) is 1. The molecular formula is C15H27N3O3. The first-order valence-electron chi connectivity index (χ1n) is 7.75. The van der Waals surface area contributed by atoms with E-state index in [1.807, 2.05) is 13.2 Å². The van der Waals surface area contributed by atoms with Gasteiger partial charge in [0.25, 0.3) is 0 Å². The molecule has 1 fully saturated rings. The van der Waals surface area contributed by atoms with E-state index in [0.29, 0.717) is 13.2 Å². The summed E-state index contributed by atoms with van der Waals surface area (Å²) in [7, 11) is 2.00. The molecule has 120 valence electrons. The molecule has 3 N–H and O–H groups in total. The number of aromatic amines is 1. The monoisotopic (exact) mass is 297 g/mol. The van der Waals surface area contributed by atoms with E-state index < -0.39 is 12.2 Å². The van der Waals surface area contributed by atoms with Gasteiger partial charge in [0.1, 0.15) is 11.9 Å². The van der Waals surface area contributed by atoms with Gasteiger partial charge >= 0.3 is 0 Å². The lowest BCUT2D eigenvalue weighted by atomic mass is 9.96. The average molecular weight is 297 g/mol. The number of aliphatic hydroxyl groups excluding tert-OH is 2. The molecular weight excluding hydrogens is 270 g/mol. The summed E-state index contributed by atoms with van der Waals surface area (Å²) in [6, 6.07) is 0. The molecule has 0 radical (unpaired) electrons. The number of nitrogens with zero attached hydrogens (tertiary/aromatic N) is 2. The number of H-pyrrole nitrogens is 1. The van der Waals surface area contributed by atoms with Crippen LogP contribution in [0.5, 0.6) is 0 Å². The summed E-state index contributed by atoms with van der Waals surface area (Å²) in [5.41, 5.74) is 1.08. The van der Waals surface area contributed by atoms with E-state index in [1.54, 1.807) is 0 Å². The van der Waals surface area contributed by atoms with E-state index in [4.69, 9.17) is 4.74 Å². The Labute approximate surface area is 126 Å². The predicted molar refractivity (Wildman–Crippen MR) is 79.9 cm³/mol. The molecule has 21 heavy (non-hydrogen) atoms. The number of hydrogen-bond donors (Lipinski definition) is 3. The summed E-state index contributed by atoms with van der Waals surface area (Å²) in [5, 5.41) is 19.6. The molecule has 0 unspecified atom stereocenters. The Morgan fingerprint density at radius 1 is 1.43 bits per heavy atom. The van der Waals surface area contributed by atoms with Crippen molar-refractivity contribution in [3.63, 3.8) is 0 Å². The summed E-state index contributed by atoms with van der Waals surface area (Å²) in [4.78, 5) is 9.84.